The Labute approximate surface area is 178 Å². The number of unbranched alkanes of at least 4 members (excludes halogenated alkanes) is 1. The zero-order valence-corrected chi connectivity index (χ0v) is 18.6. The van der Waals surface area contributed by atoms with Crippen LogP contribution in [0.15, 0.2) is 52.8 Å². The van der Waals surface area contributed by atoms with Crippen molar-refractivity contribution >= 4 is 41.3 Å². The van der Waals surface area contributed by atoms with Crippen LogP contribution in [-0.4, -0.2) is 32.2 Å². The summed E-state index contributed by atoms with van der Waals surface area (Å²) in [7, 11) is 0. The molecule has 0 bridgehead atoms. The van der Waals surface area contributed by atoms with Crippen molar-refractivity contribution in [2.75, 3.05) is 26.2 Å². The van der Waals surface area contributed by atoms with E-state index in [1.807, 2.05) is 18.2 Å². The van der Waals surface area contributed by atoms with E-state index in [2.05, 4.69) is 52.2 Å². The summed E-state index contributed by atoms with van der Waals surface area (Å²) in [6, 6.07) is 14.6. The molecule has 6 heteroatoms. The summed E-state index contributed by atoms with van der Waals surface area (Å²) in [5.74, 6) is 0.907. The van der Waals surface area contributed by atoms with E-state index >= 15 is 0 Å². The Morgan fingerprint density at radius 1 is 1.08 bits per heavy atom. The van der Waals surface area contributed by atoms with Crippen LogP contribution in [0.1, 0.15) is 30.2 Å². The second-order valence-corrected chi connectivity index (χ2v) is 6.79. The number of guanidine groups is 1. The molecular formula is C20H30IN3OS. The molecule has 1 heterocycles. The summed E-state index contributed by atoms with van der Waals surface area (Å²) < 4.78 is 5.70. The van der Waals surface area contributed by atoms with Gasteiger partial charge in [0.1, 0.15) is 0 Å². The monoisotopic (exact) mass is 487 g/mol. The fourth-order valence-corrected chi connectivity index (χ4v) is 3.08. The molecule has 1 aromatic carbocycles. The van der Waals surface area contributed by atoms with Gasteiger partial charge in [0, 0.05) is 31.1 Å². The first-order chi connectivity index (χ1) is 12.4. The van der Waals surface area contributed by atoms with Gasteiger partial charge < -0.3 is 15.4 Å². The maximum Gasteiger partial charge on any atom is 0.191 e. The lowest BCUT2D eigenvalue weighted by Gasteiger charge is -2.10. The fraction of sp³-hybridized carbons (Fsp3) is 0.450. The van der Waals surface area contributed by atoms with Crippen LogP contribution in [0.5, 0.6) is 0 Å². The van der Waals surface area contributed by atoms with Crippen LogP contribution in [0.2, 0.25) is 0 Å². The molecule has 0 radical (unpaired) electrons. The smallest absolute Gasteiger partial charge is 0.191 e. The molecule has 0 aliphatic heterocycles. The minimum Gasteiger partial charge on any atom is -0.377 e. The highest BCUT2D eigenvalue weighted by Crippen LogP contribution is 2.08. The van der Waals surface area contributed by atoms with Gasteiger partial charge in [-0.1, -0.05) is 36.4 Å². The van der Waals surface area contributed by atoms with Gasteiger partial charge in [-0.15, -0.1) is 35.3 Å². The topological polar surface area (TPSA) is 45.7 Å². The van der Waals surface area contributed by atoms with E-state index < -0.39 is 0 Å². The van der Waals surface area contributed by atoms with E-state index in [0.29, 0.717) is 6.61 Å². The molecule has 2 rings (SSSR count). The Kier molecular flexibility index (Phi) is 13.2. The summed E-state index contributed by atoms with van der Waals surface area (Å²) in [6.07, 6.45) is 3.11. The second kappa shape index (κ2) is 15.0. The number of benzene rings is 1. The van der Waals surface area contributed by atoms with Crippen molar-refractivity contribution in [2.45, 2.75) is 32.8 Å². The van der Waals surface area contributed by atoms with Crippen molar-refractivity contribution in [3.8, 4) is 0 Å². The lowest BCUT2D eigenvalue weighted by atomic mass is 10.2. The van der Waals surface area contributed by atoms with Crippen molar-refractivity contribution in [1.82, 2.24) is 10.6 Å². The molecular weight excluding hydrogens is 457 g/mol. The molecule has 2 N–H and O–H groups in total. The largest absolute Gasteiger partial charge is 0.377 e. The third-order valence-corrected chi connectivity index (χ3v) is 4.60. The number of hydrogen-bond acceptors (Lipinski definition) is 3. The molecule has 0 aliphatic carbocycles. The Balaban J connectivity index is 0.00000338. The molecule has 0 saturated heterocycles. The SMILES string of the molecule is CCNC(=NCCCCOCc1ccccc1)NCCc1cccs1.I. The molecule has 144 valence electrons. The number of nitrogens with zero attached hydrogens (tertiary/aromatic N) is 1. The number of rotatable bonds is 11. The molecule has 0 fully saturated rings. The molecule has 1 aromatic heterocycles. The predicted molar refractivity (Wildman–Crippen MR) is 123 cm³/mol. The first kappa shape index (κ1) is 22.9. The number of halogens is 1. The average Bonchev–Trinajstić information content (AvgIpc) is 3.15. The quantitative estimate of drug-likeness (QED) is 0.213. The van der Waals surface area contributed by atoms with E-state index in [0.717, 1.165) is 51.5 Å². The summed E-state index contributed by atoms with van der Waals surface area (Å²) >= 11 is 1.80. The van der Waals surface area contributed by atoms with Crippen molar-refractivity contribution in [2.24, 2.45) is 4.99 Å². The van der Waals surface area contributed by atoms with E-state index in [-0.39, 0.29) is 24.0 Å². The Bertz CT molecular complexity index is 590. The van der Waals surface area contributed by atoms with Crippen LogP contribution in [0, 0.1) is 0 Å². The maximum atomic E-state index is 5.70. The minimum atomic E-state index is 0. The Hall–Kier alpha value is -1.12. The molecule has 0 unspecified atom stereocenters. The number of aliphatic imine (C=N–C) groups is 1. The van der Waals surface area contributed by atoms with Crippen molar-refractivity contribution < 1.29 is 4.74 Å². The average molecular weight is 487 g/mol. The van der Waals surface area contributed by atoms with Gasteiger partial charge in [-0.3, -0.25) is 4.99 Å². The summed E-state index contributed by atoms with van der Waals surface area (Å²) in [6.45, 7) is 6.18. The molecule has 2 aromatic rings. The van der Waals surface area contributed by atoms with Crippen LogP contribution in [-0.2, 0) is 17.8 Å². The van der Waals surface area contributed by atoms with E-state index in [1.165, 1.54) is 10.4 Å². The van der Waals surface area contributed by atoms with Crippen molar-refractivity contribution in [1.29, 1.82) is 0 Å². The van der Waals surface area contributed by atoms with Gasteiger partial charge in [-0.25, -0.2) is 0 Å². The number of nitrogens with one attached hydrogen (secondary N) is 2. The zero-order chi connectivity index (χ0) is 17.6. The molecule has 26 heavy (non-hydrogen) atoms. The van der Waals surface area contributed by atoms with Crippen LogP contribution < -0.4 is 10.6 Å². The molecule has 0 atom stereocenters. The van der Waals surface area contributed by atoms with Crippen LogP contribution in [0.25, 0.3) is 0 Å². The van der Waals surface area contributed by atoms with Gasteiger partial charge in [0.05, 0.1) is 6.61 Å². The maximum absolute atomic E-state index is 5.70. The van der Waals surface area contributed by atoms with Crippen molar-refractivity contribution in [3.63, 3.8) is 0 Å². The standard InChI is InChI=1S/C20H29N3OS.HI/c1-2-21-20(23-14-12-19-11-8-16-25-19)22-13-6-7-15-24-17-18-9-4-3-5-10-18;/h3-5,8-11,16H,2,6-7,12-15,17H2,1H3,(H2,21,22,23);1H. The van der Waals surface area contributed by atoms with Crippen LogP contribution in [0.4, 0.5) is 0 Å². The molecule has 0 saturated carbocycles. The normalized spacial score (nSPS) is 11.0. The summed E-state index contributed by atoms with van der Waals surface area (Å²) in [4.78, 5) is 6.03. The summed E-state index contributed by atoms with van der Waals surface area (Å²) in [5.41, 5.74) is 1.23. The van der Waals surface area contributed by atoms with Gasteiger partial charge in [0.2, 0.25) is 0 Å². The van der Waals surface area contributed by atoms with Gasteiger partial charge in [0.15, 0.2) is 5.96 Å². The number of hydrogen-bond donors (Lipinski definition) is 2. The highest BCUT2D eigenvalue weighted by Gasteiger charge is 1.98. The molecule has 4 nitrogen and oxygen atoms in total. The highest BCUT2D eigenvalue weighted by atomic mass is 127. The van der Waals surface area contributed by atoms with Gasteiger partial charge in [-0.2, -0.15) is 0 Å². The van der Waals surface area contributed by atoms with Gasteiger partial charge in [-0.05, 0) is 43.2 Å². The van der Waals surface area contributed by atoms with E-state index in [1.54, 1.807) is 11.3 Å². The van der Waals surface area contributed by atoms with E-state index in [9.17, 15) is 0 Å². The lowest BCUT2D eigenvalue weighted by Crippen LogP contribution is -2.38. The molecule has 0 amide bonds. The third kappa shape index (κ3) is 10.1. The number of thiophene rings is 1. The lowest BCUT2D eigenvalue weighted by molar-refractivity contribution is 0.117. The fourth-order valence-electron chi connectivity index (χ4n) is 2.37. The summed E-state index contributed by atoms with van der Waals surface area (Å²) in [5, 5.41) is 8.81. The second-order valence-electron chi connectivity index (χ2n) is 5.76. The van der Waals surface area contributed by atoms with Crippen LogP contribution >= 0.6 is 35.3 Å². The Morgan fingerprint density at radius 2 is 1.92 bits per heavy atom. The Morgan fingerprint density at radius 3 is 2.65 bits per heavy atom. The van der Waals surface area contributed by atoms with E-state index in [4.69, 9.17) is 4.74 Å². The van der Waals surface area contributed by atoms with Crippen LogP contribution in [0.3, 0.4) is 0 Å². The molecule has 0 spiro atoms. The third-order valence-electron chi connectivity index (χ3n) is 3.67. The van der Waals surface area contributed by atoms with Gasteiger partial charge in [0.25, 0.3) is 0 Å². The minimum absolute atomic E-state index is 0. The zero-order valence-electron chi connectivity index (χ0n) is 15.4. The highest BCUT2D eigenvalue weighted by molar-refractivity contribution is 14.0. The first-order valence-corrected chi connectivity index (χ1v) is 9.92. The van der Waals surface area contributed by atoms with Crippen molar-refractivity contribution in [3.05, 3.63) is 58.3 Å². The predicted octanol–water partition coefficient (Wildman–Crippen LogP) is 4.46. The number of ether oxygens (including phenoxy) is 1. The first-order valence-electron chi connectivity index (χ1n) is 9.04. The molecule has 0 aliphatic rings. The van der Waals surface area contributed by atoms with Gasteiger partial charge >= 0.3 is 0 Å².